The lowest BCUT2D eigenvalue weighted by molar-refractivity contribution is -0.168. The van der Waals surface area contributed by atoms with Gasteiger partial charge in [-0.15, -0.1) is 0 Å². The standard InChI is InChI=1S/C12H21NO4/c1-8(2)6-7-12(13,9(14)15)10(16)17-11(3,4)5/h6H,7,13H2,1-5H3,(H,14,15). The molecule has 0 bridgehead atoms. The highest BCUT2D eigenvalue weighted by Crippen LogP contribution is 2.17. The molecule has 0 radical (unpaired) electrons. The third kappa shape index (κ3) is 4.99. The molecule has 1 unspecified atom stereocenters. The Labute approximate surface area is 102 Å². The first-order valence-corrected chi connectivity index (χ1v) is 5.38. The fourth-order valence-corrected chi connectivity index (χ4v) is 0.992. The van der Waals surface area contributed by atoms with Crippen LogP contribution in [0.25, 0.3) is 0 Å². The molecule has 0 aromatic rings. The summed E-state index contributed by atoms with van der Waals surface area (Å²) in [6.45, 7) is 8.59. The Morgan fingerprint density at radius 2 is 1.76 bits per heavy atom. The van der Waals surface area contributed by atoms with Crippen molar-refractivity contribution in [3.8, 4) is 0 Å². The molecule has 0 fully saturated rings. The van der Waals surface area contributed by atoms with Gasteiger partial charge in [-0.25, -0.2) is 9.59 Å². The van der Waals surface area contributed by atoms with Gasteiger partial charge in [0.25, 0.3) is 0 Å². The van der Waals surface area contributed by atoms with Crippen LogP contribution >= 0.6 is 0 Å². The van der Waals surface area contributed by atoms with E-state index in [9.17, 15) is 9.59 Å². The van der Waals surface area contributed by atoms with Crippen molar-refractivity contribution < 1.29 is 19.4 Å². The molecule has 0 aromatic carbocycles. The van der Waals surface area contributed by atoms with E-state index < -0.39 is 23.1 Å². The molecule has 17 heavy (non-hydrogen) atoms. The molecular formula is C12H21NO4. The van der Waals surface area contributed by atoms with E-state index >= 15 is 0 Å². The topological polar surface area (TPSA) is 89.6 Å². The van der Waals surface area contributed by atoms with E-state index in [1.807, 2.05) is 0 Å². The summed E-state index contributed by atoms with van der Waals surface area (Å²) in [5.74, 6) is -2.31. The summed E-state index contributed by atoms with van der Waals surface area (Å²) in [6, 6.07) is 0. The summed E-state index contributed by atoms with van der Waals surface area (Å²) < 4.78 is 5.02. The Balaban J connectivity index is 5.02. The van der Waals surface area contributed by atoms with E-state index in [4.69, 9.17) is 15.6 Å². The van der Waals surface area contributed by atoms with Gasteiger partial charge in [-0.3, -0.25) is 0 Å². The van der Waals surface area contributed by atoms with Crippen molar-refractivity contribution >= 4 is 11.9 Å². The fraction of sp³-hybridized carbons (Fsp3) is 0.667. The van der Waals surface area contributed by atoms with E-state index in [0.29, 0.717) is 0 Å². The first-order chi connectivity index (χ1) is 7.49. The van der Waals surface area contributed by atoms with Gasteiger partial charge in [0.05, 0.1) is 0 Å². The van der Waals surface area contributed by atoms with Crippen LogP contribution in [0.4, 0.5) is 0 Å². The highest BCUT2D eigenvalue weighted by atomic mass is 16.6. The van der Waals surface area contributed by atoms with Crippen LogP contribution in [-0.2, 0) is 14.3 Å². The minimum absolute atomic E-state index is 0.0837. The quantitative estimate of drug-likeness (QED) is 0.443. The number of rotatable bonds is 4. The van der Waals surface area contributed by atoms with Crippen LogP contribution in [0.1, 0.15) is 41.0 Å². The number of carboxylic acids is 1. The van der Waals surface area contributed by atoms with Gasteiger partial charge in [0.1, 0.15) is 5.60 Å². The number of carbonyl (C=O) groups is 2. The number of hydrogen-bond donors (Lipinski definition) is 2. The Morgan fingerprint density at radius 1 is 1.29 bits per heavy atom. The average molecular weight is 243 g/mol. The zero-order valence-corrected chi connectivity index (χ0v) is 11.0. The predicted octanol–water partition coefficient (Wildman–Crippen LogP) is 1.47. The maximum atomic E-state index is 11.8. The van der Waals surface area contributed by atoms with E-state index in [2.05, 4.69) is 0 Å². The first-order valence-electron chi connectivity index (χ1n) is 5.38. The second kappa shape index (κ2) is 5.31. The zero-order valence-electron chi connectivity index (χ0n) is 11.0. The molecule has 0 aliphatic rings. The molecule has 5 nitrogen and oxygen atoms in total. The third-order valence-corrected chi connectivity index (χ3v) is 1.98. The van der Waals surface area contributed by atoms with Crippen molar-refractivity contribution in [1.29, 1.82) is 0 Å². The number of carbonyl (C=O) groups excluding carboxylic acids is 1. The Morgan fingerprint density at radius 3 is 2.06 bits per heavy atom. The molecule has 0 saturated carbocycles. The largest absolute Gasteiger partial charge is 0.479 e. The minimum atomic E-state index is -2.02. The van der Waals surface area contributed by atoms with Gasteiger partial charge in [0, 0.05) is 6.42 Å². The summed E-state index contributed by atoms with van der Waals surface area (Å²) >= 11 is 0. The smallest absolute Gasteiger partial charge is 0.338 e. The Bertz CT molecular complexity index is 337. The van der Waals surface area contributed by atoms with Crippen molar-refractivity contribution in [2.75, 3.05) is 0 Å². The van der Waals surface area contributed by atoms with E-state index in [1.54, 1.807) is 40.7 Å². The van der Waals surface area contributed by atoms with Crippen molar-refractivity contribution in [2.45, 2.75) is 52.2 Å². The monoisotopic (exact) mass is 243 g/mol. The van der Waals surface area contributed by atoms with Crippen LogP contribution < -0.4 is 5.73 Å². The Hall–Kier alpha value is -1.36. The number of nitrogens with two attached hydrogens (primary N) is 1. The molecule has 0 aliphatic carbocycles. The van der Waals surface area contributed by atoms with Crippen molar-refractivity contribution in [3.63, 3.8) is 0 Å². The van der Waals surface area contributed by atoms with Crippen LogP contribution in [0.2, 0.25) is 0 Å². The number of aliphatic carboxylic acids is 1. The Kier molecular flexibility index (Phi) is 4.89. The van der Waals surface area contributed by atoms with Gasteiger partial charge in [-0.05, 0) is 34.6 Å². The molecule has 0 aliphatic heterocycles. The molecule has 1 atom stereocenters. The molecular weight excluding hydrogens is 222 g/mol. The molecule has 0 spiro atoms. The number of esters is 1. The number of ether oxygens (including phenoxy) is 1. The van der Waals surface area contributed by atoms with Gasteiger partial charge in [0.15, 0.2) is 0 Å². The van der Waals surface area contributed by atoms with Crippen molar-refractivity contribution in [2.24, 2.45) is 5.73 Å². The highest BCUT2D eigenvalue weighted by molar-refractivity contribution is 6.04. The maximum absolute atomic E-state index is 11.8. The lowest BCUT2D eigenvalue weighted by atomic mass is 9.95. The van der Waals surface area contributed by atoms with E-state index in [0.717, 1.165) is 5.57 Å². The van der Waals surface area contributed by atoms with Crippen molar-refractivity contribution in [1.82, 2.24) is 0 Å². The van der Waals surface area contributed by atoms with Gasteiger partial charge in [-0.2, -0.15) is 0 Å². The van der Waals surface area contributed by atoms with Crippen LogP contribution in [-0.4, -0.2) is 28.2 Å². The predicted molar refractivity (Wildman–Crippen MR) is 64.4 cm³/mol. The fourth-order valence-electron chi connectivity index (χ4n) is 0.992. The van der Waals surface area contributed by atoms with Gasteiger partial charge in [0.2, 0.25) is 5.54 Å². The minimum Gasteiger partial charge on any atom is -0.479 e. The second-order valence-corrected chi connectivity index (χ2v) is 5.26. The molecule has 98 valence electrons. The van der Waals surface area contributed by atoms with Gasteiger partial charge in [-0.1, -0.05) is 11.6 Å². The van der Waals surface area contributed by atoms with Gasteiger partial charge < -0.3 is 15.6 Å². The average Bonchev–Trinajstić information content (AvgIpc) is 2.10. The molecule has 0 aromatic heterocycles. The van der Waals surface area contributed by atoms with Crippen LogP contribution in [0, 0.1) is 0 Å². The van der Waals surface area contributed by atoms with E-state index in [1.165, 1.54) is 0 Å². The number of hydrogen-bond acceptors (Lipinski definition) is 4. The number of allylic oxidation sites excluding steroid dienone is 1. The summed E-state index contributed by atoms with van der Waals surface area (Å²) in [5, 5.41) is 9.06. The molecule has 0 amide bonds. The summed E-state index contributed by atoms with van der Waals surface area (Å²) in [4.78, 5) is 22.9. The lowest BCUT2D eigenvalue weighted by Crippen LogP contribution is -2.56. The molecule has 0 saturated heterocycles. The summed E-state index contributed by atoms with van der Waals surface area (Å²) in [6.07, 6.45) is 1.53. The molecule has 5 heteroatoms. The maximum Gasteiger partial charge on any atom is 0.338 e. The number of carboxylic acid groups (broad SMARTS) is 1. The normalized spacial score (nSPS) is 14.7. The SMILES string of the molecule is CC(C)=CCC(N)(C(=O)O)C(=O)OC(C)(C)C. The molecule has 0 heterocycles. The molecule has 3 N–H and O–H groups in total. The zero-order chi connectivity index (χ0) is 13.9. The van der Waals surface area contributed by atoms with Crippen LogP contribution in [0.15, 0.2) is 11.6 Å². The third-order valence-electron chi connectivity index (χ3n) is 1.98. The summed E-state index contributed by atoms with van der Waals surface area (Å²) in [5.41, 5.74) is 3.73. The van der Waals surface area contributed by atoms with Crippen LogP contribution in [0.5, 0.6) is 0 Å². The lowest BCUT2D eigenvalue weighted by Gasteiger charge is -2.27. The summed E-state index contributed by atoms with van der Waals surface area (Å²) in [7, 11) is 0. The van der Waals surface area contributed by atoms with Gasteiger partial charge >= 0.3 is 11.9 Å². The highest BCUT2D eigenvalue weighted by Gasteiger charge is 2.44. The van der Waals surface area contributed by atoms with Crippen molar-refractivity contribution in [3.05, 3.63) is 11.6 Å². The first kappa shape index (κ1) is 15.6. The van der Waals surface area contributed by atoms with E-state index in [-0.39, 0.29) is 6.42 Å². The molecule has 0 rings (SSSR count). The second-order valence-electron chi connectivity index (χ2n) is 5.26. The van der Waals surface area contributed by atoms with Crippen LogP contribution in [0.3, 0.4) is 0 Å².